The van der Waals surface area contributed by atoms with Crippen molar-refractivity contribution in [3.63, 3.8) is 0 Å². The molecule has 0 amide bonds. The highest BCUT2D eigenvalue weighted by molar-refractivity contribution is 5.89. The van der Waals surface area contributed by atoms with E-state index in [-0.39, 0.29) is 33.6 Å². The molecule has 0 saturated heterocycles. The molecule has 0 aliphatic rings. The first-order chi connectivity index (χ1) is 13.8. The summed E-state index contributed by atoms with van der Waals surface area (Å²) in [6, 6.07) is 3.77. The van der Waals surface area contributed by atoms with E-state index in [2.05, 4.69) is 0 Å². The van der Waals surface area contributed by atoms with Gasteiger partial charge in [-0.25, -0.2) is 0 Å². The lowest BCUT2D eigenvalue weighted by molar-refractivity contribution is 0.348. The number of fused-ring (bicyclic) bond motifs is 1. The highest BCUT2D eigenvalue weighted by Gasteiger charge is 2.23. The van der Waals surface area contributed by atoms with Crippen molar-refractivity contribution in [3.8, 4) is 39.9 Å². The molecule has 0 atom stereocenters. The lowest BCUT2D eigenvalue weighted by Gasteiger charge is -2.17. The zero-order valence-corrected chi connectivity index (χ0v) is 16.6. The third kappa shape index (κ3) is 3.59. The summed E-state index contributed by atoms with van der Waals surface area (Å²) in [7, 11) is 2.93. The molecular formula is C22H22O7. The lowest BCUT2D eigenvalue weighted by Crippen LogP contribution is -2.07. The summed E-state index contributed by atoms with van der Waals surface area (Å²) < 4.78 is 16.3. The SMILES string of the molecule is COc1cc(-c2coc3cc(O)cc(O)c3c2=O)c(O)c(CC=C(C)C)c1OC. The summed E-state index contributed by atoms with van der Waals surface area (Å²) in [5.74, 6) is -0.0923. The van der Waals surface area contributed by atoms with Crippen LogP contribution in [0.15, 0.2) is 45.3 Å². The van der Waals surface area contributed by atoms with Crippen LogP contribution in [0.1, 0.15) is 19.4 Å². The lowest BCUT2D eigenvalue weighted by atomic mass is 9.97. The molecule has 152 valence electrons. The second-order valence-electron chi connectivity index (χ2n) is 6.79. The Bertz CT molecular complexity index is 1170. The van der Waals surface area contributed by atoms with Crippen LogP contribution in [0.2, 0.25) is 0 Å². The Morgan fingerprint density at radius 2 is 1.79 bits per heavy atom. The molecule has 0 radical (unpaired) electrons. The van der Waals surface area contributed by atoms with Crippen LogP contribution in [0, 0.1) is 0 Å². The zero-order chi connectivity index (χ0) is 21.3. The maximum atomic E-state index is 13.0. The molecule has 0 unspecified atom stereocenters. The van der Waals surface area contributed by atoms with Gasteiger partial charge < -0.3 is 29.2 Å². The molecule has 7 heteroatoms. The molecule has 0 aliphatic heterocycles. The van der Waals surface area contributed by atoms with Crippen molar-refractivity contribution in [2.75, 3.05) is 14.2 Å². The van der Waals surface area contributed by atoms with Gasteiger partial charge in [-0.05, 0) is 26.3 Å². The van der Waals surface area contributed by atoms with Gasteiger partial charge >= 0.3 is 0 Å². The molecular weight excluding hydrogens is 376 g/mol. The second-order valence-corrected chi connectivity index (χ2v) is 6.79. The van der Waals surface area contributed by atoms with Gasteiger partial charge in [-0.3, -0.25) is 4.79 Å². The predicted molar refractivity (Wildman–Crippen MR) is 109 cm³/mol. The Morgan fingerprint density at radius 3 is 2.41 bits per heavy atom. The molecule has 0 aliphatic carbocycles. The average molecular weight is 398 g/mol. The summed E-state index contributed by atoms with van der Waals surface area (Å²) in [4.78, 5) is 13.0. The van der Waals surface area contributed by atoms with Crippen LogP contribution in [0.3, 0.4) is 0 Å². The van der Waals surface area contributed by atoms with Crippen LogP contribution >= 0.6 is 0 Å². The number of benzene rings is 2. The standard InChI is InChI=1S/C22H22O7/c1-11(2)5-6-13-20(25)14(9-18(27-3)22(13)28-4)15-10-29-17-8-12(23)7-16(24)19(17)21(15)26/h5,7-10,23-25H,6H2,1-4H3. The quantitative estimate of drug-likeness (QED) is 0.555. The van der Waals surface area contributed by atoms with E-state index in [0.29, 0.717) is 23.5 Å². The zero-order valence-electron chi connectivity index (χ0n) is 16.6. The van der Waals surface area contributed by atoms with E-state index in [4.69, 9.17) is 13.9 Å². The van der Waals surface area contributed by atoms with Gasteiger partial charge in [-0.15, -0.1) is 0 Å². The fourth-order valence-electron chi connectivity index (χ4n) is 3.16. The Hall–Kier alpha value is -3.61. The van der Waals surface area contributed by atoms with Crippen molar-refractivity contribution in [1.82, 2.24) is 0 Å². The second kappa shape index (κ2) is 7.79. The number of allylic oxidation sites excluding steroid dienone is 2. The summed E-state index contributed by atoms with van der Waals surface area (Å²) >= 11 is 0. The van der Waals surface area contributed by atoms with E-state index in [9.17, 15) is 20.1 Å². The van der Waals surface area contributed by atoms with Gasteiger partial charge in [0.1, 0.15) is 34.5 Å². The Kier molecular flexibility index (Phi) is 5.41. The van der Waals surface area contributed by atoms with Crippen molar-refractivity contribution >= 4 is 11.0 Å². The Labute approximate surface area is 167 Å². The molecule has 0 fully saturated rings. The third-order valence-electron chi connectivity index (χ3n) is 4.58. The molecule has 0 saturated carbocycles. The summed E-state index contributed by atoms with van der Waals surface area (Å²) in [5, 5.41) is 30.6. The number of phenolic OH excluding ortho intramolecular Hbond substituents is 3. The maximum Gasteiger partial charge on any atom is 0.204 e. The first kappa shape index (κ1) is 20.1. The van der Waals surface area contributed by atoms with Crippen LogP contribution in [0.5, 0.6) is 28.7 Å². The minimum absolute atomic E-state index is 0.0287. The van der Waals surface area contributed by atoms with Crippen LogP contribution in [0.4, 0.5) is 0 Å². The van der Waals surface area contributed by atoms with Gasteiger partial charge in [0.2, 0.25) is 5.43 Å². The summed E-state index contributed by atoms with van der Waals surface area (Å²) in [6.45, 7) is 3.86. The molecule has 1 aromatic heterocycles. The normalized spacial score (nSPS) is 10.8. The van der Waals surface area contributed by atoms with Crippen molar-refractivity contribution in [2.45, 2.75) is 20.3 Å². The number of aromatic hydroxyl groups is 3. The van der Waals surface area contributed by atoms with Gasteiger partial charge in [0.15, 0.2) is 11.5 Å². The van der Waals surface area contributed by atoms with E-state index in [1.807, 2.05) is 19.9 Å². The molecule has 3 rings (SSSR count). The predicted octanol–water partition coefficient (Wildman–Crippen LogP) is 4.10. The highest BCUT2D eigenvalue weighted by atomic mass is 16.5. The molecule has 29 heavy (non-hydrogen) atoms. The first-order valence-electron chi connectivity index (χ1n) is 8.86. The minimum Gasteiger partial charge on any atom is -0.508 e. The van der Waals surface area contributed by atoms with Crippen molar-refractivity contribution in [3.05, 3.63) is 51.9 Å². The molecule has 3 aromatic rings. The topological polar surface area (TPSA) is 109 Å². The van der Waals surface area contributed by atoms with Gasteiger partial charge in [-0.2, -0.15) is 0 Å². The van der Waals surface area contributed by atoms with Crippen molar-refractivity contribution < 1.29 is 29.2 Å². The smallest absolute Gasteiger partial charge is 0.204 e. The number of methoxy groups -OCH3 is 2. The third-order valence-corrected chi connectivity index (χ3v) is 4.58. The monoisotopic (exact) mass is 398 g/mol. The fraction of sp³-hybridized carbons (Fsp3) is 0.227. The summed E-state index contributed by atoms with van der Waals surface area (Å²) in [5.41, 5.74) is 1.20. The molecule has 7 nitrogen and oxygen atoms in total. The first-order valence-corrected chi connectivity index (χ1v) is 8.86. The number of hydrogen-bond donors (Lipinski definition) is 3. The van der Waals surface area contributed by atoms with Gasteiger partial charge in [-0.1, -0.05) is 11.6 Å². The molecule has 0 spiro atoms. The molecule has 2 aromatic carbocycles. The van der Waals surface area contributed by atoms with E-state index in [1.165, 1.54) is 32.6 Å². The number of ether oxygens (including phenoxy) is 2. The number of hydrogen-bond acceptors (Lipinski definition) is 7. The van der Waals surface area contributed by atoms with Gasteiger partial charge in [0.05, 0.1) is 19.8 Å². The van der Waals surface area contributed by atoms with E-state index in [1.54, 1.807) is 0 Å². The van der Waals surface area contributed by atoms with Crippen LogP contribution in [-0.2, 0) is 6.42 Å². The van der Waals surface area contributed by atoms with E-state index < -0.39 is 11.2 Å². The van der Waals surface area contributed by atoms with Crippen LogP contribution in [0.25, 0.3) is 22.1 Å². The number of rotatable bonds is 5. The average Bonchev–Trinajstić information content (AvgIpc) is 2.66. The largest absolute Gasteiger partial charge is 0.508 e. The Balaban J connectivity index is 2.34. The minimum atomic E-state index is -0.556. The van der Waals surface area contributed by atoms with Crippen molar-refractivity contribution in [2.24, 2.45) is 0 Å². The van der Waals surface area contributed by atoms with Gasteiger partial charge in [0.25, 0.3) is 0 Å². The number of phenols is 3. The van der Waals surface area contributed by atoms with Crippen LogP contribution < -0.4 is 14.9 Å². The highest BCUT2D eigenvalue weighted by Crippen LogP contribution is 2.44. The Morgan fingerprint density at radius 1 is 1.07 bits per heavy atom. The van der Waals surface area contributed by atoms with E-state index in [0.717, 1.165) is 11.6 Å². The maximum absolute atomic E-state index is 13.0. The van der Waals surface area contributed by atoms with Crippen LogP contribution in [-0.4, -0.2) is 29.5 Å². The fourth-order valence-corrected chi connectivity index (χ4v) is 3.16. The molecule has 1 heterocycles. The van der Waals surface area contributed by atoms with Crippen molar-refractivity contribution in [1.29, 1.82) is 0 Å². The van der Waals surface area contributed by atoms with Gasteiger partial charge in [0, 0.05) is 23.3 Å². The molecule has 3 N–H and O–H groups in total. The molecule has 0 bridgehead atoms. The van der Waals surface area contributed by atoms with E-state index >= 15 is 0 Å². The summed E-state index contributed by atoms with van der Waals surface area (Å²) in [6.07, 6.45) is 3.45.